The predicted molar refractivity (Wildman–Crippen MR) is 102 cm³/mol. The van der Waals surface area contributed by atoms with E-state index in [4.69, 9.17) is 4.74 Å². The number of hydrogen-bond acceptors (Lipinski definition) is 5. The fourth-order valence-electron chi connectivity index (χ4n) is 2.94. The number of carbonyl (C=O) groups excluding carboxylic acids is 3. The smallest absolute Gasteiger partial charge is 0.329 e. The van der Waals surface area contributed by atoms with Gasteiger partial charge in [-0.3, -0.25) is 9.59 Å². The number of ether oxygens (including phenoxy) is 1. The molecule has 0 radical (unpaired) electrons. The molecule has 1 saturated heterocycles. The molecule has 2 atom stereocenters. The summed E-state index contributed by atoms with van der Waals surface area (Å²) in [5.74, 6) is -1.19. The molecule has 7 heteroatoms. The maximum Gasteiger partial charge on any atom is 0.329 e. The minimum absolute atomic E-state index is 0.219. The molecule has 2 heterocycles. The molecule has 2 amide bonds. The van der Waals surface area contributed by atoms with Gasteiger partial charge in [0.2, 0.25) is 6.10 Å². The molecule has 142 valence electrons. The Morgan fingerprint density at radius 2 is 1.78 bits per heavy atom. The van der Waals surface area contributed by atoms with Crippen LogP contribution in [0.15, 0.2) is 47.8 Å². The first kappa shape index (κ1) is 19.1. The molecule has 1 aliphatic rings. The molecule has 0 aliphatic carbocycles. The monoisotopic (exact) mass is 386 g/mol. The lowest BCUT2D eigenvalue weighted by Crippen LogP contribution is -2.42. The van der Waals surface area contributed by atoms with Crippen molar-refractivity contribution in [2.45, 2.75) is 31.9 Å². The van der Waals surface area contributed by atoms with Crippen LogP contribution < -0.4 is 5.32 Å². The number of rotatable bonds is 6. The second-order valence-electron chi connectivity index (χ2n) is 6.43. The Balaban J connectivity index is 1.70. The van der Waals surface area contributed by atoms with Crippen molar-refractivity contribution in [3.8, 4) is 0 Å². The molecule has 0 bridgehead atoms. The molecule has 1 fully saturated rings. The Kier molecular flexibility index (Phi) is 6.24. The van der Waals surface area contributed by atoms with Crippen LogP contribution in [0.1, 0.15) is 41.1 Å². The molecule has 6 nitrogen and oxygen atoms in total. The van der Waals surface area contributed by atoms with Crippen LogP contribution in [0, 0.1) is 0 Å². The number of carbonyl (C=O) groups is 3. The van der Waals surface area contributed by atoms with Crippen molar-refractivity contribution in [3.63, 3.8) is 0 Å². The fraction of sp³-hybridized carbons (Fsp3) is 0.350. The molecule has 3 rings (SSSR count). The van der Waals surface area contributed by atoms with Gasteiger partial charge in [-0.15, -0.1) is 11.3 Å². The topological polar surface area (TPSA) is 75.7 Å². The van der Waals surface area contributed by atoms with Crippen molar-refractivity contribution in [3.05, 3.63) is 58.3 Å². The predicted octanol–water partition coefficient (Wildman–Crippen LogP) is 2.77. The van der Waals surface area contributed by atoms with Crippen molar-refractivity contribution in [1.82, 2.24) is 10.2 Å². The minimum Gasteiger partial charge on any atom is -0.446 e. The van der Waals surface area contributed by atoms with Crippen molar-refractivity contribution < 1.29 is 19.1 Å². The lowest BCUT2D eigenvalue weighted by atomic mass is 10.1. The van der Waals surface area contributed by atoms with E-state index in [2.05, 4.69) is 5.32 Å². The van der Waals surface area contributed by atoms with E-state index in [1.807, 2.05) is 6.07 Å². The van der Waals surface area contributed by atoms with E-state index < -0.39 is 18.1 Å². The van der Waals surface area contributed by atoms with Crippen LogP contribution in [0.3, 0.4) is 0 Å². The maximum atomic E-state index is 12.9. The van der Waals surface area contributed by atoms with E-state index in [1.165, 1.54) is 11.3 Å². The van der Waals surface area contributed by atoms with Gasteiger partial charge in [0.15, 0.2) is 0 Å². The van der Waals surface area contributed by atoms with Gasteiger partial charge < -0.3 is 15.0 Å². The first-order valence-corrected chi connectivity index (χ1v) is 9.83. The summed E-state index contributed by atoms with van der Waals surface area (Å²) in [5.41, 5.74) is 0.625. The number of likely N-dealkylation sites (tertiary alicyclic amines) is 1. The van der Waals surface area contributed by atoms with Crippen molar-refractivity contribution in [1.29, 1.82) is 0 Å². The van der Waals surface area contributed by atoms with Gasteiger partial charge in [0.1, 0.15) is 6.04 Å². The number of nitrogens with one attached hydrogen (secondary N) is 1. The van der Waals surface area contributed by atoms with Crippen LogP contribution in [0.25, 0.3) is 0 Å². The summed E-state index contributed by atoms with van der Waals surface area (Å²) in [4.78, 5) is 39.8. The zero-order valence-corrected chi connectivity index (χ0v) is 15.9. The number of benzene rings is 1. The standard InChI is InChI=1S/C20H22N2O4S/c1-14(21-18(23)16-10-7-13-27-16)20(25)26-17(15-8-3-2-4-9-15)19(24)22-11-5-6-12-22/h2-4,7-10,13-14,17H,5-6,11-12H2,1H3,(H,21,23). The first-order valence-electron chi connectivity index (χ1n) is 8.95. The zero-order chi connectivity index (χ0) is 19.2. The normalized spacial score (nSPS) is 15.8. The van der Waals surface area contributed by atoms with E-state index in [0.29, 0.717) is 23.5 Å². The number of esters is 1. The third-order valence-electron chi connectivity index (χ3n) is 4.42. The molecule has 0 spiro atoms. The van der Waals surface area contributed by atoms with Crippen LogP contribution in [0.4, 0.5) is 0 Å². The van der Waals surface area contributed by atoms with Gasteiger partial charge in [-0.1, -0.05) is 36.4 Å². The number of hydrogen-bond donors (Lipinski definition) is 1. The number of thiophene rings is 1. The van der Waals surface area contributed by atoms with Crippen LogP contribution in [-0.4, -0.2) is 41.8 Å². The summed E-state index contributed by atoms with van der Waals surface area (Å²) in [6.07, 6.45) is 0.904. The first-order chi connectivity index (χ1) is 13.1. The third kappa shape index (κ3) is 4.74. The van der Waals surface area contributed by atoms with E-state index in [0.717, 1.165) is 12.8 Å². The Labute approximate surface area is 162 Å². The fourth-order valence-corrected chi connectivity index (χ4v) is 3.57. The zero-order valence-electron chi connectivity index (χ0n) is 15.1. The second kappa shape index (κ2) is 8.81. The van der Waals surface area contributed by atoms with Crippen LogP contribution >= 0.6 is 11.3 Å². The molecule has 1 aliphatic heterocycles. The quantitative estimate of drug-likeness (QED) is 0.775. The van der Waals surface area contributed by atoms with E-state index in [-0.39, 0.29) is 11.8 Å². The summed E-state index contributed by atoms with van der Waals surface area (Å²) in [6, 6.07) is 11.6. The van der Waals surface area contributed by atoms with E-state index >= 15 is 0 Å². The van der Waals surface area contributed by atoms with Crippen molar-refractivity contribution >= 4 is 29.1 Å². The van der Waals surface area contributed by atoms with Gasteiger partial charge in [-0.25, -0.2) is 4.79 Å². The Morgan fingerprint density at radius 3 is 2.41 bits per heavy atom. The van der Waals surface area contributed by atoms with Gasteiger partial charge in [-0.2, -0.15) is 0 Å². The molecule has 27 heavy (non-hydrogen) atoms. The molecule has 0 saturated carbocycles. The van der Waals surface area contributed by atoms with Crippen LogP contribution in [0.2, 0.25) is 0 Å². The van der Waals surface area contributed by atoms with Crippen molar-refractivity contribution in [2.75, 3.05) is 13.1 Å². The number of amides is 2. The highest BCUT2D eigenvalue weighted by atomic mass is 32.1. The molecule has 1 N–H and O–H groups in total. The Hall–Kier alpha value is -2.67. The summed E-state index contributed by atoms with van der Waals surface area (Å²) in [7, 11) is 0. The maximum absolute atomic E-state index is 12.9. The molecular formula is C20H22N2O4S. The summed E-state index contributed by atoms with van der Waals surface area (Å²) in [5, 5.41) is 4.41. The minimum atomic E-state index is -1.00. The van der Waals surface area contributed by atoms with Gasteiger partial charge >= 0.3 is 5.97 Å². The van der Waals surface area contributed by atoms with Crippen LogP contribution in [0.5, 0.6) is 0 Å². The SMILES string of the molecule is CC(NC(=O)c1cccs1)C(=O)OC(C(=O)N1CCCC1)c1ccccc1. The Bertz CT molecular complexity index is 786. The molecule has 2 aromatic rings. The molecular weight excluding hydrogens is 364 g/mol. The molecule has 1 aromatic heterocycles. The van der Waals surface area contributed by atoms with Crippen LogP contribution in [-0.2, 0) is 14.3 Å². The van der Waals surface area contributed by atoms with E-state index in [1.54, 1.807) is 53.6 Å². The third-order valence-corrected chi connectivity index (χ3v) is 5.29. The summed E-state index contributed by atoms with van der Waals surface area (Å²) < 4.78 is 5.55. The van der Waals surface area contributed by atoms with Crippen molar-refractivity contribution in [2.24, 2.45) is 0 Å². The van der Waals surface area contributed by atoms with Gasteiger partial charge in [0.25, 0.3) is 11.8 Å². The molecule has 1 aromatic carbocycles. The lowest BCUT2D eigenvalue weighted by Gasteiger charge is -2.25. The van der Waals surface area contributed by atoms with E-state index in [9.17, 15) is 14.4 Å². The average Bonchev–Trinajstić information content (AvgIpc) is 3.40. The summed E-state index contributed by atoms with van der Waals surface area (Å²) >= 11 is 1.29. The van der Waals surface area contributed by atoms with Gasteiger partial charge in [-0.05, 0) is 31.2 Å². The summed E-state index contributed by atoms with van der Waals surface area (Å²) in [6.45, 7) is 2.89. The van der Waals surface area contributed by atoms with Gasteiger partial charge in [0.05, 0.1) is 4.88 Å². The average molecular weight is 386 g/mol. The second-order valence-corrected chi connectivity index (χ2v) is 7.38. The highest BCUT2D eigenvalue weighted by Crippen LogP contribution is 2.23. The number of nitrogens with zero attached hydrogens (tertiary/aromatic N) is 1. The van der Waals surface area contributed by atoms with Gasteiger partial charge in [0, 0.05) is 18.7 Å². The Morgan fingerprint density at radius 1 is 1.07 bits per heavy atom. The lowest BCUT2D eigenvalue weighted by molar-refractivity contribution is -0.161. The highest BCUT2D eigenvalue weighted by Gasteiger charge is 2.32. The highest BCUT2D eigenvalue weighted by molar-refractivity contribution is 7.12. The largest absolute Gasteiger partial charge is 0.446 e. The molecule has 2 unspecified atom stereocenters.